The number of amides is 2. The number of nitrogens with one attached hydrogen (secondary N) is 2. The second-order valence-electron chi connectivity index (χ2n) is 5.50. The Kier molecular flexibility index (Phi) is 4.61. The van der Waals surface area contributed by atoms with E-state index in [9.17, 15) is 4.79 Å². The van der Waals surface area contributed by atoms with Gasteiger partial charge in [-0.1, -0.05) is 30.3 Å². The molecule has 0 saturated carbocycles. The lowest BCUT2D eigenvalue weighted by Crippen LogP contribution is -2.32. The second-order valence-corrected chi connectivity index (χ2v) is 5.50. The molecule has 3 rings (SSSR count). The molecule has 5 heteroatoms. The number of pyridine rings is 1. The highest BCUT2D eigenvalue weighted by Crippen LogP contribution is 2.21. The number of anilines is 1. The van der Waals surface area contributed by atoms with Gasteiger partial charge in [-0.3, -0.25) is 4.98 Å². The fraction of sp³-hybridized carbons (Fsp3) is 0.158. The van der Waals surface area contributed by atoms with Gasteiger partial charge in [0.2, 0.25) is 0 Å². The average molecular weight is 321 g/mol. The number of urea groups is 1. The fourth-order valence-electron chi connectivity index (χ4n) is 2.43. The topological polar surface area (TPSA) is 63.2 Å². The first kappa shape index (κ1) is 15.8. The van der Waals surface area contributed by atoms with Crippen molar-refractivity contribution in [2.24, 2.45) is 0 Å². The van der Waals surface area contributed by atoms with Gasteiger partial charge in [-0.15, -0.1) is 0 Å². The summed E-state index contributed by atoms with van der Waals surface area (Å²) >= 11 is 0. The van der Waals surface area contributed by atoms with E-state index in [4.69, 9.17) is 4.74 Å². The number of ether oxygens (including phenoxy) is 1. The molecule has 122 valence electrons. The molecule has 3 aromatic rings. The highest BCUT2D eigenvalue weighted by molar-refractivity contribution is 5.99. The Morgan fingerprint density at radius 3 is 2.75 bits per heavy atom. The lowest BCUT2D eigenvalue weighted by atomic mass is 10.1. The molecule has 0 aliphatic heterocycles. The average Bonchev–Trinajstić information content (AvgIpc) is 2.59. The molecular formula is C19H19N3O2. The van der Waals surface area contributed by atoms with Gasteiger partial charge in [0.25, 0.3) is 0 Å². The van der Waals surface area contributed by atoms with Gasteiger partial charge >= 0.3 is 6.03 Å². The number of hydrogen-bond acceptors (Lipinski definition) is 3. The number of carbonyl (C=O) groups is 1. The number of benzene rings is 2. The van der Waals surface area contributed by atoms with E-state index in [-0.39, 0.29) is 12.8 Å². The SMILES string of the molecule is Cc1cccc(OCNC(=O)Nc2cccc3cccnc23)c1C. The summed E-state index contributed by atoms with van der Waals surface area (Å²) in [6.07, 6.45) is 1.70. The largest absolute Gasteiger partial charge is 0.473 e. The van der Waals surface area contributed by atoms with Gasteiger partial charge in [-0.25, -0.2) is 4.79 Å². The predicted molar refractivity (Wildman–Crippen MR) is 95.3 cm³/mol. The quantitative estimate of drug-likeness (QED) is 0.714. The third-order valence-electron chi connectivity index (χ3n) is 3.90. The summed E-state index contributed by atoms with van der Waals surface area (Å²) < 4.78 is 5.63. The van der Waals surface area contributed by atoms with Crippen molar-refractivity contribution in [1.29, 1.82) is 0 Å². The van der Waals surface area contributed by atoms with Crippen LogP contribution in [-0.4, -0.2) is 17.7 Å². The number of nitrogens with zero attached hydrogens (tertiary/aromatic N) is 1. The van der Waals surface area contributed by atoms with Gasteiger partial charge in [-0.05, 0) is 43.2 Å². The lowest BCUT2D eigenvalue weighted by molar-refractivity contribution is 0.234. The van der Waals surface area contributed by atoms with Gasteiger partial charge in [-0.2, -0.15) is 0 Å². The van der Waals surface area contributed by atoms with Gasteiger partial charge in [0.05, 0.1) is 11.2 Å². The summed E-state index contributed by atoms with van der Waals surface area (Å²) in [5.41, 5.74) is 3.64. The number of carbonyl (C=O) groups excluding carboxylic acids is 1. The van der Waals surface area contributed by atoms with Crippen LogP contribution in [0.25, 0.3) is 10.9 Å². The van der Waals surface area contributed by atoms with Crippen LogP contribution < -0.4 is 15.4 Å². The first-order valence-corrected chi connectivity index (χ1v) is 7.73. The Hall–Kier alpha value is -3.08. The van der Waals surface area contributed by atoms with E-state index in [1.54, 1.807) is 6.20 Å². The Bertz CT molecular complexity index is 872. The molecular weight excluding hydrogens is 302 g/mol. The van der Waals surface area contributed by atoms with Crippen molar-refractivity contribution >= 4 is 22.6 Å². The minimum atomic E-state index is -0.335. The third-order valence-corrected chi connectivity index (χ3v) is 3.90. The maximum absolute atomic E-state index is 12.1. The van der Waals surface area contributed by atoms with Crippen molar-refractivity contribution in [1.82, 2.24) is 10.3 Å². The highest BCUT2D eigenvalue weighted by Gasteiger charge is 2.07. The lowest BCUT2D eigenvalue weighted by Gasteiger charge is -2.12. The molecule has 0 aliphatic rings. The zero-order valence-corrected chi connectivity index (χ0v) is 13.7. The maximum atomic E-state index is 12.1. The number of rotatable bonds is 4. The van der Waals surface area contributed by atoms with Gasteiger partial charge in [0, 0.05) is 11.6 Å². The van der Waals surface area contributed by atoms with Crippen molar-refractivity contribution in [2.45, 2.75) is 13.8 Å². The minimum absolute atomic E-state index is 0.0916. The van der Waals surface area contributed by atoms with E-state index in [2.05, 4.69) is 15.6 Å². The molecule has 0 spiro atoms. The summed E-state index contributed by atoms with van der Waals surface area (Å²) in [6, 6.07) is 15.0. The van der Waals surface area contributed by atoms with Crippen molar-refractivity contribution in [3.63, 3.8) is 0 Å². The van der Waals surface area contributed by atoms with Crippen LogP contribution in [-0.2, 0) is 0 Å². The van der Waals surface area contributed by atoms with Crippen LogP contribution >= 0.6 is 0 Å². The first-order valence-electron chi connectivity index (χ1n) is 7.73. The Morgan fingerprint density at radius 1 is 1.08 bits per heavy atom. The zero-order valence-electron chi connectivity index (χ0n) is 13.7. The molecule has 24 heavy (non-hydrogen) atoms. The van der Waals surface area contributed by atoms with Crippen LogP contribution in [0.1, 0.15) is 11.1 Å². The van der Waals surface area contributed by atoms with Crippen LogP contribution in [0.3, 0.4) is 0 Å². The number of aromatic nitrogens is 1. The van der Waals surface area contributed by atoms with E-state index in [0.29, 0.717) is 5.69 Å². The van der Waals surface area contributed by atoms with Gasteiger partial charge < -0.3 is 15.4 Å². The van der Waals surface area contributed by atoms with Crippen LogP contribution in [0.15, 0.2) is 54.7 Å². The van der Waals surface area contributed by atoms with Gasteiger partial charge in [0.1, 0.15) is 5.75 Å². The van der Waals surface area contributed by atoms with Crippen molar-refractivity contribution in [2.75, 3.05) is 12.0 Å². The zero-order chi connectivity index (χ0) is 16.9. The van der Waals surface area contributed by atoms with Crippen molar-refractivity contribution in [3.8, 4) is 5.75 Å². The smallest absolute Gasteiger partial charge is 0.321 e. The normalized spacial score (nSPS) is 10.4. The number of hydrogen-bond donors (Lipinski definition) is 2. The number of fused-ring (bicyclic) bond motifs is 1. The van der Waals surface area contributed by atoms with E-state index < -0.39 is 0 Å². The Balaban J connectivity index is 1.60. The Morgan fingerprint density at radius 2 is 1.88 bits per heavy atom. The summed E-state index contributed by atoms with van der Waals surface area (Å²) in [4.78, 5) is 16.4. The molecule has 1 heterocycles. The van der Waals surface area contributed by atoms with Crippen molar-refractivity contribution in [3.05, 3.63) is 65.9 Å². The third kappa shape index (κ3) is 3.46. The molecule has 0 atom stereocenters. The summed E-state index contributed by atoms with van der Waals surface area (Å²) in [5, 5.41) is 6.47. The molecule has 1 aromatic heterocycles. The van der Waals surface area contributed by atoms with Crippen LogP contribution in [0, 0.1) is 13.8 Å². The maximum Gasteiger partial charge on any atom is 0.321 e. The van der Waals surface area contributed by atoms with Crippen LogP contribution in [0.4, 0.5) is 10.5 Å². The van der Waals surface area contributed by atoms with Crippen LogP contribution in [0.5, 0.6) is 5.75 Å². The molecule has 0 aliphatic carbocycles. The van der Waals surface area contributed by atoms with E-state index >= 15 is 0 Å². The number of aryl methyl sites for hydroxylation is 1. The first-order chi connectivity index (χ1) is 11.6. The van der Waals surface area contributed by atoms with Crippen molar-refractivity contribution < 1.29 is 9.53 Å². The molecule has 0 saturated heterocycles. The molecule has 0 fully saturated rings. The van der Waals surface area contributed by atoms with Gasteiger partial charge in [0.15, 0.2) is 6.73 Å². The Labute approximate surface area is 140 Å². The monoisotopic (exact) mass is 321 g/mol. The fourth-order valence-corrected chi connectivity index (χ4v) is 2.43. The molecule has 2 N–H and O–H groups in total. The molecule has 2 aromatic carbocycles. The van der Waals surface area contributed by atoms with E-state index in [1.165, 1.54) is 0 Å². The summed E-state index contributed by atoms with van der Waals surface area (Å²) in [5.74, 6) is 0.766. The molecule has 0 bridgehead atoms. The van der Waals surface area contributed by atoms with E-state index in [0.717, 1.165) is 27.8 Å². The standard InChI is InChI=1S/C19H19N3O2/c1-13-6-3-10-17(14(13)2)24-12-21-19(23)22-16-9-4-7-15-8-5-11-20-18(15)16/h3-11H,12H2,1-2H3,(H2,21,22,23). The predicted octanol–water partition coefficient (Wildman–Crippen LogP) is 4.01. The molecule has 2 amide bonds. The molecule has 0 unspecified atom stereocenters. The van der Waals surface area contributed by atoms with Crippen LogP contribution in [0.2, 0.25) is 0 Å². The highest BCUT2D eigenvalue weighted by atomic mass is 16.5. The second kappa shape index (κ2) is 7.00. The molecule has 5 nitrogen and oxygen atoms in total. The number of para-hydroxylation sites is 1. The minimum Gasteiger partial charge on any atom is -0.473 e. The molecule has 0 radical (unpaired) electrons. The van der Waals surface area contributed by atoms with E-state index in [1.807, 2.05) is 62.4 Å². The summed E-state index contributed by atoms with van der Waals surface area (Å²) in [6.45, 7) is 4.11. The summed E-state index contributed by atoms with van der Waals surface area (Å²) in [7, 11) is 0.